The minimum Gasteiger partial charge on any atom is -0.456 e. The third-order valence-corrected chi connectivity index (χ3v) is 10.3. The van der Waals surface area contributed by atoms with Gasteiger partial charge in [-0.3, -0.25) is 10.8 Å². The van der Waals surface area contributed by atoms with Crippen molar-refractivity contribution >= 4 is 73.0 Å². The molecule has 0 bridgehead atoms. The van der Waals surface area contributed by atoms with Gasteiger partial charge in [-0.2, -0.15) is 5.10 Å². The van der Waals surface area contributed by atoms with Gasteiger partial charge in [0.1, 0.15) is 16.9 Å². The molecule has 0 saturated carbocycles. The fourth-order valence-corrected chi connectivity index (χ4v) is 7.69. The van der Waals surface area contributed by atoms with Crippen molar-refractivity contribution in [2.45, 2.75) is 0 Å². The van der Waals surface area contributed by atoms with Crippen LogP contribution >= 0.6 is 0 Å². The first kappa shape index (κ1) is 32.2. The molecule has 8 aromatic carbocycles. The lowest BCUT2D eigenvalue weighted by Crippen LogP contribution is -2.18. The van der Waals surface area contributed by atoms with Crippen molar-refractivity contribution in [3.63, 3.8) is 0 Å². The Kier molecular flexibility index (Phi) is 7.89. The highest BCUT2D eigenvalue weighted by Crippen LogP contribution is 2.44. The van der Waals surface area contributed by atoms with Crippen LogP contribution in [0.15, 0.2) is 198 Å². The molecule has 0 aliphatic heterocycles. The highest BCUT2D eigenvalue weighted by Gasteiger charge is 2.22. The van der Waals surface area contributed by atoms with Crippen LogP contribution in [0.25, 0.3) is 61.0 Å². The summed E-state index contributed by atoms with van der Waals surface area (Å²) in [6, 6.07) is 63.1. The summed E-state index contributed by atoms with van der Waals surface area (Å²) in [5.74, 6) is 0. The van der Waals surface area contributed by atoms with Gasteiger partial charge in [-0.25, -0.2) is 0 Å². The average molecular weight is 707 g/mol. The van der Waals surface area contributed by atoms with Crippen LogP contribution in [0.4, 0.5) is 22.7 Å². The van der Waals surface area contributed by atoms with Crippen LogP contribution < -0.4 is 10.3 Å². The van der Waals surface area contributed by atoms with E-state index in [0.29, 0.717) is 11.4 Å². The molecule has 1 aliphatic rings. The van der Waals surface area contributed by atoms with Crippen molar-refractivity contribution in [2.75, 3.05) is 10.3 Å². The number of hydrogen-bond donors (Lipinski definition) is 2. The van der Waals surface area contributed by atoms with Gasteiger partial charge in [-0.1, -0.05) is 127 Å². The highest BCUT2D eigenvalue weighted by molar-refractivity contribution is 6.55. The SMILES string of the molecule is N=C1/C(=N\Nc2ccccc2)C=Cc2ccc3ccc(-c4cccc(N(c5cccc(-c6ccccc6)c5)c5cccc6oc7ccccc7c56)c4)cc3c21. The van der Waals surface area contributed by atoms with E-state index in [2.05, 4.69) is 143 Å². The summed E-state index contributed by atoms with van der Waals surface area (Å²) < 4.78 is 6.38. The Morgan fingerprint density at radius 2 is 1.15 bits per heavy atom. The maximum atomic E-state index is 9.28. The summed E-state index contributed by atoms with van der Waals surface area (Å²) in [6.07, 6.45) is 3.96. The molecule has 0 saturated heterocycles. The smallest absolute Gasteiger partial charge is 0.137 e. The molecule has 55 heavy (non-hydrogen) atoms. The van der Waals surface area contributed by atoms with Crippen LogP contribution in [0.3, 0.4) is 0 Å². The van der Waals surface area contributed by atoms with E-state index < -0.39 is 0 Å². The number of rotatable bonds is 7. The number of hydrazone groups is 1. The Balaban J connectivity index is 1.11. The third-order valence-electron chi connectivity index (χ3n) is 10.3. The molecule has 0 amide bonds. The van der Waals surface area contributed by atoms with Crippen molar-refractivity contribution in [1.82, 2.24) is 0 Å². The van der Waals surface area contributed by atoms with Gasteiger partial charge in [0.2, 0.25) is 0 Å². The quantitative estimate of drug-likeness (QED) is 0.162. The lowest BCUT2D eigenvalue weighted by molar-refractivity contribution is 0.669. The van der Waals surface area contributed by atoms with Crippen molar-refractivity contribution in [1.29, 1.82) is 5.41 Å². The Bertz CT molecular complexity index is 2980. The second-order valence-corrected chi connectivity index (χ2v) is 13.7. The molecule has 5 nitrogen and oxygen atoms in total. The maximum Gasteiger partial charge on any atom is 0.137 e. The van der Waals surface area contributed by atoms with Gasteiger partial charge in [-0.05, 0) is 105 Å². The van der Waals surface area contributed by atoms with E-state index in [1.165, 1.54) is 0 Å². The molecule has 9 aromatic rings. The minimum absolute atomic E-state index is 0.391. The zero-order valence-electron chi connectivity index (χ0n) is 29.8. The van der Waals surface area contributed by atoms with E-state index >= 15 is 0 Å². The van der Waals surface area contributed by atoms with Gasteiger partial charge in [0, 0.05) is 22.3 Å². The first-order valence-electron chi connectivity index (χ1n) is 18.4. The molecule has 1 aromatic heterocycles. The number of furan rings is 1. The van der Waals surface area contributed by atoms with Gasteiger partial charge < -0.3 is 9.32 Å². The van der Waals surface area contributed by atoms with E-state index in [-0.39, 0.29) is 0 Å². The number of nitrogens with one attached hydrogen (secondary N) is 2. The molecule has 10 rings (SSSR count). The van der Waals surface area contributed by atoms with Crippen LogP contribution in [-0.2, 0) is 0 Å². The molecular formula is C50H34N4O. The Hall–Kier alpha value is -7.50. The summed E-state index contributed by atoms with van der Waals surface area (Å²) in [6.45, 7) is 0. The van der Waals surface area contributed by atoms with Gasteiger partial charge >= 0.3 is 0 Å². The predicted molar refractivity (Wildman–Crippen MR) is 230 cm³/mol. The monoisotopic (exact) mass is 706 g/mol. The summed E-state index contributed by atoms with van der Waals surface area (Å²) >= 11 is 0. The fourth-order valence-electron chi connectivity index (χ4n) is 7.69. The summed E-state index contributed by atoms with van der Waals surface area (Å²) in [5, 5.41) is 18.1. The van der Waals surface area contributed by atoms with Crippen LogP contribution in [0, 0.1) is 5.41 Å². The van der Waals surface area contributed by atoms with E-state index in [4.69, 9.17) is 4.42 Å². The minimum atomic E-state index is 0.391. The lowest BCUT2D eigenvalue weighted by Gasteiger charge is -2.27. The second kappa shape index (κ2) is 13.5. The number of allylic oxidation sites excluding steroid dienone is 1. The molecule has 0 fully saturated rings. The summed E-state index contributed by atoms with van der Waals surface area (Å²) in [7, 11) is 0. The average Bonchev–Trinajstić information content (AvgIpc) is 3.64. The van der Waals surface area contributed by atoms with E-state index in [1.807, 2.05) is 66.7 Å². The summed E-state index contributed by atoms with van der Waals surface area (Å²) in [4.78, 5) is 2.34. The zero-order chi connectivity index (χ0) is 36.7. The van der Waals surface area contributed by atoms with Crippen LogP contribution in [0.2, 0.25) is 0 Å². The number of nitrogens with zero attached hydrogens (tertiary/aromatic N) is 2. The third kappa shape index (κ3) is 5.85. The molecule has 0 atom stereocenters. The van der Waals surface area contributed by atoms with Crippen molar-refractivity contribution in [3.8, 4) is 22.3 Å². The molecule has 5 heteroatoms. The lowest BCUT2D eigenvalue weighted by atomic mass is 9.88. The van der Waals surface area contributed by atoms with Gasteiger partial charge in [0.05, 0.1) is 22.5 Å². The molecule has 1 aliphatic carbocycles. The van der Waals surface area contributed by atoms with Crippen molar-refractivity contribution in [3.05, 3.63) is 199 Å². The predicted octanol–water partition coefficient (Wildman–Crippen LogP) is 13.4. The highest BCUT2D eigenvalue weighted by atomic mass is 16.3. The topological polar surface area (TPSA) is 64.6 Å². The largest absolute Gasteiger partial charge is 0.456 e. The maximum absolute atomic E-state index is 9.28. The number of anilines is 4. The molecule has 0 radical (unpaired) electrons. The van der Waals surface area contributed by atoms with Gasteiger partial charge in [-0.15, -0.1) is 0 Å². The van der Waals surface area contributed by atoms with Crippen molar-refractivity contribution < 1.29 is 4.42 Å². The van der Waals surface area contributed by atoms with Crippen LogP contribution in [0.1, 0.15) is 11.1 Å². The van der Waals surface area contributed by atoms with E-state index in [0.717, 1.165) is 88.8 Å². The molecule has 260 valence electrons. The Morgan fingerprint density at radius 1 is 0.509 bits per heavy atom. The Labute approximate surface area is 318 Å². The summed E-state index contributed by atoms with van der Waals surface area (Å²) in [5.41, 5.74) is 16.1. The number of hydrogen-bond acceptors (Lipinski definition) is 5. The molecule has 1 heterocycles. The van der Waals surface area contributed by atoms with E-state index in [9.17, 15) is 5.41 Å². The van der Waals surface area contributed by atoms with Gasteiger partial charge in [0.25, 0.3) is 0 Å². The normalized spacial score (nSPS) is 13.1. The number of benzene rings is 8. The number of fused-ring (bicyclic) bond motifs is 6. The van der Waals surface area contributed by atoms with E-state index in [1.54, 1.807) is 0 Å². The fraction of sp³-hybridized carbons (Fsp3) is 0. The standard InChI is InChI=1S/C50H34N4O/c51-50-44(53-52-39-16-5-2-6-17-39)29-28-35-26-24-34-25-27-38(32-43(34)48(35)50)37-15-10-19-41(31-37)54(40-18-9-14-36(30-40)33-12-3-1-4-13-33)45-21-11-23-47-49(45)42-20-7-8-22-46(42)55-47/h1-32,51-52H/b51-50?,53-44-. The first-order valence-corrected chi connectivity index (χ1v) is 18.4. The zero-order valence-corrected chi connectivity index (χ0v) is 29.8. The second-order valence-electron chi connectivity index (χ2n) is 13.7. The van der Waals surface area contributed by atoms with Gasteiger partial charge in [0.15, 0.2) is 0 Å². The Morgan fingerprint density at radius 3 is 1.95 bits per heavy atom. The first-order chi connectivity index (χ1) is 27.2. The molecule has 2 N–H and O–H groups in total. The molecule has 0 unspecified atom stereocenters. The van der Waals surface area contributed by atoms with Crippen molar-refractivity contribution in [2.24, 2.45) is 5.10 Å². The van der Waals surface area contributed by atoms with Crippen LogP contribution in [-0.4, -0.2) is 11.4 Å². The number of para-hydroxylation sites is 2. The van der Waals surface area contributed by atoms with Crippen LogP contribution in [0.5, 0.6) is 0 Å². The molecular weight excluding hydrogens is 673 g/mol. The molecule has 0 spiro atoms.